The number of hydrogen-bond acceptors (Lipinski definition) is 4. The van der Waals surface area contributed by atoms with E-state index < -0.39 is 10.0 Å². The van der Waals surface area contributed by atoms with Gasteiger partial charge in [-0.25, -0.2) is 13.1 Å². The molecule has 0 bridgehead atoms. The van der Waals surface area contributed by atoms with Crippen molar-refractivity contribution < 1.29 is 8.42 Å². The van der Waals surface area contributed by atoms with Crippen molar-refractivity contribution in [2.24, 2.45) is 0 Å². The third-order valence-corrected chi connectivity index (χ3v) is 6.24. The minimum Gasteiger partial charge on any atom is -0.299 e. The van der Waals surface area contributed by atoms with Crippen molar-refractivity contribution in [1.82, 2.24) is 9.62 Å². The summed E-state index contributed by atoms with van der Waals surface area (Å²) in [5.41, 5.74) is 0.349. The van der Waals surface area contributed by atoms with Crippen LogP contribution in [0.3, 0.4) is 0 Å². The van der Waals surface area contributed by atoms with Gasteiger partial charge in [-0.05, 0) is 44.0 Å². The molecule has 2 fully saturated rings. The molecular formula is C14H16ClN3O2S. The number of hydrogen-bond donors (Lipinski definition) is 1. The third-order valence-electron chi connectivity index (χ3n) is 4.26. The highest BCUT2D eigenvalue weighted by molar-refractivity contribution is 7.89. The zero-order valence-corrected chi connectivity index (χ0v) is 13.0. The number of fused-ring (bicyclic) bond motifs is 1. The van der Waals surface area contributed by atoms with Gasteiger partial charge in [0.05, 0.1) is 16.7 Å². The Hall–Kier alpha value is -1.13. The summed E-state index contributed by atoms with van der Waals surface area (Å²) in [6, 6.07) is 6.44. The molecule has 2 atom stereocenters. The van der Waals surface area contributed by atoms with Gasteiger partial charge in [-0.1, -0.05) is 11.6 Å². The number of benzene rings is 1. The first kappa shape index (κ1) is 14.8. The zero-order chi connectivity index (χ0) is 15.0. The summed E-state index contributed by atoms with van der Waals surface area (Å²) >= 11 is 6.01. The highest BCUT2D eigenvalue weighted by Gasteiger charge is 2.39. The minimum atomic E-state index is -3.66. The Kier molecular flexibility index (Phi) is 3.93. The van der Waals surface area contributed by atoms with Crippen LogP contribution in [0.5, 0.6) is 0 Å². The minimum absolute atomic E-state index is 0.0413. The summed E-state index contributed by atoms with van der Waals surface area (Å²) in [7, 11) is -3.66. The van der Waals surface area contributed by atoms with E-state index in [1.807, 2.05) is 6.07 Å². The number of nitrogens with zero attached hydrogens (tertiary/aromatic N) is 2. The van der Waals surface area contributed by atoms with Crippen LogP contribution in [0.25, 0.3) is 0 Å². The average molecular weight is 326 g/mol. The number of sulfonamides is 1. The predicted octanol–water partition coefficient (Wildman–Crippen LogP) is 1.73. The van der Waals surface area contributed by atoms with E-state index in [0.717, 1.165) is 32.4 Å². The molecule has 1 N–H and O–H groups in total. The Balaban J connectivity index is 1.83. The van der Waals surface area contributed by atoms with Crippen molar-refractivity contribution in [3.8, 4) is 6.07 Å². The summed E-state index contributed by atoms with van der Waals surface area (Å²) in [5.74, 6) is 0. The second kappa shape index (κ2) is 5.58. The predicted molar refractivity (Wildman–Crippen MR) is 79.5 cm³/mol. The smallest absolute Gasteiger partial charge is 0.242 e. The molecule has 21 heavy (non-hydrogen) atoms. The molecule has 1 aromatic rings. The van der Waals surface area contributed by atoms with Gasteiger partial charge in [0.2, 0.25) is 10.0 Å². The molecule has 112 valence electrons. The van der Waals surface area contributed by atoms with Crippen LogP contribution in [-0.4, -0.2) is 38.5 Å². The Morgan fingerprint density at radius 2 is 2.14 bits per heavy atom. The maximum absolute atomic E-state index is 12.5. The van der Waals surface area contributed by atoms with Crippen molar-refractivity contribution in [1.29, 1.82) is 5.26 Å². The number of rotatable bonds is 3. The van der Waals surface area contributed by atoms with Crippen LogP contribution in [0.15, 0.2) is 23.1 Å². The van der Waals surface area contributed by atoms with Gasteiger partial charge in [0.15, 0.2) is 0 Å². The second-order valence-electron chi connectivity index (χ2n) is 5.52. The fourth-order valence-electron chi connectivity index (χ4n) is 3.27. The molecule has 2 unspecified atom stereocenters. The normalized spacial score (nSPS) is 25.7. The summed E-state index contributed by atoms with van der Waals surface area (Å²) in [6.45, 7) is 2.00. The molecule has 1 aromatic carbocycles. The van der Waals surface area contributed by atoms with Crippen LogP contribution in [-0.2, 0) is 10.0 Å². The Labute approximate surface area is 129 Å². The summed E-state index contributed by atoms with van der Waals surface area (Å²) in [5, 5.41) is 8.90. The number of halogens is 1. The molecule has 5 nitrogen and oxygen atoms in total. The zero-order valence-electron chi connectivity index (χ0n) is 11.4. The van der Waals surface area contributed by atoms with Gasteiger partial charge in [0.1, 0.15) is 4.90 Å². The Morgan fingerprint density at radius 3 is 2.86 bits per heavy atom. The standard InChI is InChI=1S/C14H16ClN3O2S/c15-11-8-10(9-16)3-4-14(11)21(19,20)17-12-5-7-18-6-1-2-13(12)18/h3-4,8,12-13,17H,1-2,5-7H2. The van der Waals surface area contributed by atoms with Crippen molar-refractivity contribution in [2.75, 3.05) is 13.1 Å². The van der Waals surface area contributed by atoms with Crippen molar-refractivity contribution in [3.05, 3.63) is 28.8 Å². The third kappa shape index (κ3) is 2.79. The molecule has 2 aliphatic heterocycles. The molecule has 0 spiro atoms. The Morgan fingerprint density at radius 1 is 1.33 bits per heavy atom. The molecule has 7 heteroatoms. The van der Waals surface area contributed by atoms with Crippen LogP contribution < -0.4 is 4.72 Å². The quantitative estimate of drug-likeness (QED) is 0.918. The van der Waals surface area contributed by atoms with E-state index in [1.165, 1.54) is 18.2 Å². The molecule has 2 saturated heterocycles. The van der Waals surface area contributed by atoms with Gasteiger partial charge in [0.25, 0.3) is 0 Å². The van der Waals surface area contributed by atoms with E-state index in [-0.39, 0.29) is 16.0 Å². The van der Waals surface area contributed by atoms with E-state index in [2.05, 4.69) is 9.62 Å². The topological polar surface area (TPSA) is 73.2 Å². The lowest BCUT2D eigenvalue weighted by Crippen LogP contribution is -2.42. The van der Waals surface area contributed by atoms with Crippen molar-refractivity contribution in [3.63, 3.8) is 0 Å². The van der Waals surface area contributed by atoms with Crippen LogP contribution in [0.1, 0.15) is 24.8 Å². The molecule has 2 heterocycles. The van der Waals surface area contributed by atoms with E-state index in [0.29, 0.717) is 11.6 Å². The molecule has 3 rings (SSSR count). The van der Waals surface area contributed by atoms with Crippen LogP contribution in [0.4, 0.5) is 0 Å². The van der Waals surface area contributed by atoms with E-state index in [4.69, 9.17) is 16.9 Å². The summed E-state index contributed by atoms with van der Waals surface area (Å²) < 4.78 is 27.8. The summed E-state index contributed by atoms with van der Waals surface area (Å²) in [6.07, 6.45) is 2.99. The maximum Gasteiger partial charge on any atom is 0.242 e. The fourth-order valence-corrected chi connectivity index (χ4v) is 5.12. The van der Waals surface area contributed by atoms with Crippen LogP contribution in [0, 0.1) is 11.3 Å². The van der Waals surface area contributed by atoms with Gasteiger partial charge in [-0.15, -0.1) is 0 Å². The van der Waals surface area contributed by atoms with E-state index in [1.54, 1.807) is 0 Å². The first-order chi connectivity index (χ1) is 10.0. The maximum atomic E-state index is 12.5. The molecule has 0 aromatic heterocycles. The summed E-state index contributed by atoms with van der Waals surface area (Å²) in [4.78, 5) is 2.38. The monoisotopic (exact) mass is 325 g/mol. The van der Waals surface area contributed by atoms with Gasteiger partial charge < -0.3 is 0 Å². The highest BCUT2D eigenvalue weighted by atomic mass is 35.5. The average Bonchev–Trinajstić information content (AvgIpc) is 3.03. The van der Waals surface area contributed by atoms with Crippen LogP contribution >= 0.6 is 11.6 Å². The SMILES string of the molecule is N#Cc1ccc(S(=O)(=O)NC2CCN3CCCC23)c(Cl)c1. The largest absolute Gasteiger partial charge is 0.299 e. The van der Waals surface area contributed by atoms with Crippen molar-refractivity contribution >= 4 is 21.6 Å². The second-order valence-corrected chi connectivity index (χ2v) is 7.61. The lowest BCUT2D eigenvalue weighted by molar-refractivity contribution is 0.309. The molecule has 0 saturated carbocycles. The molecule has 0 amide bonds. The number of nitrogens with one attached hydrogen (secondary N) is 1. The van der Waals surface area contributed by atoms with Gasteiger partial charge in [-0.2, -0.15) is 5.26 Å². The van der Waals surface area contributed by atoms with E-state index >= 15 is 0 Å². The van der Waals surface area contributed by atoms with Gasteiger partial charge in [-0.3, -0.25) is 4.90 Å². The molecule has 0 aliphatic carbocycles. The lowest BCUT2D eigenvalue weighted by atomic mass is 10.1. The fraction of sp³-hybridized carbons (Fsp3) is 0.500. The van der Waals surface area contributed by atoms with Crippen molar-refractivity contribution in [2.45, 2.75) is 36.2 Å². The van der Waals surface area contributed by atoms with E-state index in [9.17, 15) is 8.42 Å². The first-order valence-corrected chi connectivity index (χ1v) is 8.83. The molecular weight excluding hydrogens is 310 g/mol. The number of nitriles is 1. The van der Waals surface area contributed by atoms with Gasteiger partial charge >= 0.3 is 0 Å². The Bertz CT molecular complexity index is 699. The molecule has 0 radical (unpaired) electrons. The first-order valence-electron chi connectivity index (χ1n) is 6.97. The highest BCUT2D eigenvalue weighted by Crippen LogP contribution is 2.30. The van der Waals surface area contributed by atoms with Gasteiger partial charge in [0, 0.05) is 18.6 Å². The van der Waals surface area contributed by atoms with Crippen LogP contribution in [0.2, 0.25) is 5.02 Å². The molecule has 2 aliphatic rings. The lowest BCUT2D eigenvalue weighted by Gasteiger charge is -2.21.